The molecule has 19 heavy (non-hydrogen) atoms. The van der Waals surface area contributed by atoms with Crippen LogP contribution in [0.15, 0.2) is 41.6 Å². The van der Waals surface area contributed by atoms with E-state index in [1.54, 1.807) is 0 Å². The molecule has 7 heteroatoms. The zero-order valence-electron chi connectivity index (χ0n) is 9.94. The fourth-order valence-electron chi connectivity index (χ4n) is 1.57. The Morgan fingerprint density at radius 1 is 1.11 bits per heavy atom. The van der Waals surface area contributed by atoms with Crippen LogP contribution in [0.4, 0.5) is 0 Å². The summed E-state index contributed by atoms with van der Waals surface area (Å²) in [5.41, 5.74) is 0.530. The molecule has 1 aromatic heterocycles. The summed E-state index contributed by atoms with van der Waals surface area (Å²) >= 11 is 0. The van der Waals surface area contributed by atoms with Gasteiger partial charge in [0.1, 0.15) is 5.69 Å². The van der Waals surface area contributed by atoms with Crippen molar-refractivity contribution in [3.63, 3.8) is 0 Å². The van der Waals surface area contributed by atoms with Gasteiger partial charge in [0, 0.05) is 24.2 Å². The second-order valence-electron chi connectivity index (χ2n) is 3.86. The van der Waals surface area contributed by atoms with E-state index in [0.29, 0.717) is 5.56 Å². The van der Waals surface area contributed by atoms with E-state index in [2.05, 4.69) is 9.97 Å². The number of carboxylic acid groups (broad SMARTS) is 1. The highest BCUT2D eigenvalue weighted by Crippen LogP contribution is 2.21. The molecule has 0 atom stereocenters. The van der Waals surface area contributed by atoms with Crippen molar-refractivity contribution in [2.24, 2.45) is 0 Å². The molecular weight excluding hydrogens is 268 g/mol. The summed E-state index contributed by atoms with van der Waals surface area (Å²) in [5.74, 6) is -1.18. The fourth-order valence-corrected chi connectivity index (χ4v) is 2.20. The summed E-state index contributed by atoms with van der Waals surface area (Å²) in [5, 5.41) is 9.01. The molecular formula is C12H10N2O4S. The van der Waals surface area contributed by atoms with Crippen LogP contribution in [0.3, 0.4) is 0 Å². The van der Waals surface area contributed by atoms with Gasteiger partial charge < -0.3 is 5.11 Å². The summed E-state index contributed by atoms with van der Waals surface area (Å²) in [4.78, 5) is 18.9. The van der Waals surface area contributed by atoms with Crippen molar-refractivity contribution in [3.05, 3.63) is 42.4 Å². The van der Waals surface area contributed by atoms with Crippen LogP contribution < -0.4 is 0 Å². The Labute approximate surface area is 109 Å². The van der Waals surface area contributed by atoms with Crippen LogP contribution in [-0.2, 0) is 9.84 Å². The normalized spacial score (nSPS) is 11.2. The number of carbonyl (C=O) groups is 1. The van der Waals surface area contributed by atoms with E-state index in [1.165, 1.54) is 36.7 Å². The van der Waals surface area contributed by atoms with E-state index in [-0.39, 0.29) is 16.3 Å². The van der Waals surface area contributed by atoms with Gasteiger partial charge in [-0.05, 0) is 12.1 Å². The number of benzene rings is 1. The smallest absolute Gasteiger partial charge is 0.356 e. The summed E-state index contributed by atoms with van der Waals surface area (Å²) in [7, 11) is -3.28. The lowest BCUT2D eigenvalue weighted by Crippen LogP contribution is -2.04. The number of rotatable bonds is 3. The van der Waals surface area contributed by atoms with Gasteiger partial charge in [0.2, 0.25) is 0 Å². The van der Waals surface area contributed by atoms with Gasteiger partial charge in [0.25, 0.3) is 0 Å². The predicted molar refractivity (Wildman–Crippen MR) is 67.5 cm³/mol. The number of carboxylic acids is 1. The summed E-state index contributed by atoms with van der Waals surface area (Å²) in [6, 6.07) is 5.83. The molecule has 0 spiro atoms. The SMILES string of the molecule is CS(=O)(=O)c1ccc(-c2nccnc2C(=O)O)cc1. The molecule has 1 aromatic carbocycles. The third-order valence-electron chi connectivity index (χ3n) is 2.46. The average Bonchev–Trinajstić information content (AvgIpc) is 2.38. The number of sulfone groups is 1. The first-order valence-electron chi connectivity index (χ1n) is 5.24. The molecule has 6 nitrogen and oxygen atoms in total. The van der Waals surface area contributed by atoms with Crippen LogP contribution in [0.1, 0.15) is 10.5 Å². The van der Waals surface area contributed by atoms with Crippen LogP contribution in [0, 0.1) is 0 Å². The average molecular weight is 278 g/mol. The van der Waals surface area contributed by atoms with Gasteiger partial charge in [-0.25, -0.2) is 18.2 Å². The summed E-state index contributed by atoms with van der Waals surface area (Å²) in [6.45, 7) is 0. The second-order valence-corrected chi connectivity index (χ2v) is 5.87. The van der Waals surface area contributed by atoms with E-state index < -0.39 is 15.8 Å². The molecule has 0 saturated heterocycles. The molecule has 0 saturated carbocycles. The van der Waals surface area contributed by atoms with E-state index >= 15 is 0 Å². The molecule has 0 radical (unpaired) electrons. The maximum Gasteiger partial charge on any atom is 0.356 e. The van der Waals surface area contributed by atoms with Gasteiger partial charge in [-0.1, -0.05) is 12.1 Å². The van der Waals surface area contributed by atoms with Crippen molar-refractivity contribution in [1.29, 1.82) is 0 Å². The highest BCUT2D eigenvalue weighted by atomic mass is 32.2. The maximum atomic E-state index is 11.3. The molecule has 0 aliphatic rings. The van der Waals surface area contributed by atoms with Crippen LogP contribution in [0.2, 0.25) is 0 Å². The second kappa shape index (κ2) is 4.77. The van der Waals surface area contributed by atoms with Crippen molar-refractivity contribution >= 4 is 15.8 Å². The standard InChI is InChI=1S/C12H10N2O4S/c1-19(17,18)9-4-2-8(3-5-9)10-11(12(15)16)14-7-6-13-10/h2-7H,1H3,(H,15,16). The first-order chi connectivity index (χ1) is 8.89. The topological polar surface area (TPSA) is 97.2 Å². The summed E-state index contributed by atoms with van der Waals surface area (Å²) in [6.07, 6.45) is 3.77. The van der Waals surface area contributed by atoms with Gasteiger partial charge in [-0.15, -0.1) is 0 Å². The van der Waals surface area contributed by atoms with Gasteiger partial charge in [-0.2, -0.15) is 0 Å². The van der Waals surface area contributed by atoms with Gasteiger partial charge in [0.15, 0.2) is 15.5 Å². The molecule has 0 fully saturated rings. The fraction of sp³-hybridized carbons (Fsp3) is 0.0833. The molecule has 0 unspecified atom stereocenters. The predicted octanol–water partition coefficient (Wildman–Crippen LogP) is 1.25. The third kappa shape index (κ3) is 2.76. The molecule has 98 valence electrons. The van der Waals surface area contributed by atoms with Crippen LogP contribution in [0.5, 0.6) is 0 Å². The quantitative estimate of drug-likeness (QED) is 0.907. The Kier molecular flexibility index (Phi) is 3.30. The number of hydrogen-bond acceptors (Lipinski definition) is 5. The van der Waals surface area contributed by atoms with E-state index in [4.69, 9.17) is 5.11 Å². The monoisotopic (exact) mass is 278 g/mol. The van der Waals surface area contributed by atoms with Crippen molar-refractivity contribution < 1.29 is 18.3 Å². The molecule has 0 aliphatic heterocycles. The van der Waals surface area contributed by atoms with E-state index in [0.717, 1.165) is 6.26 Å². The van der Waals surface area contributed by atoms with E-state index in [9.17, 15) is 13.2 Å². The third-order valence-corrected chi connectivity index (χ3v) is 3.59. The van der Waals surface area contributed by atoms with Crippen LogP contribution >= 0.6 is 0 Å². The summed E-state index contributed by atoms with van der Waals surface area (Å²) < 4.78 is 22.7. The molecule has 1 N–H and O–H groups in total. The lowest BCUT2D eigenvalue weighted by atomic mass is 10.1. The number of aromatic nitrogens is 2. The van der Waals surface area contributed by atoms with Crippen molar-refractivity contribution in [2.75, 3.05) is 6.26 Å². The molecule has 1 heterocycles. The zero-order chi connectivity index (χ0) is 14.0. The largest absolute Gasteiger partial charge is 0.476 e. The Balaban J connectivity index is 2.52. The van der Waals surface area contributed by atoms with Crippen LogP contribution in [-0.4, -0.2) is 35.7 Å². The number of nitrogens with zero attached hydrogens (tertiary/aromatic N) is 2. The molecule has 0 bridgehead atoms. The lowest BCUT2D eigenvalue weighted by molar-refractivity contribution is 0.0691. The minimum absolute atomic E-state index is 0.164. The first-order valence-corrected chi connectivity index (χ1v) is 7.13. The molecule has 0 amide bonds. The Morgan fingerprint density at radius 2 is 1.68 bits per heavy atom. The van der Waals surface area contributed by atoms with Gasteiger partial charge in [-0.3, -0.25) is 4.98 Å². The minimum Gasteiger partial charge on any atom is -0.476 e. The Hall–Kier alpha value is -2.28. The van der Waals surface area contributed by atoms with Crippen LogP contribution in [0.25, 0.3) is 11.3 Å². The Bertz CT molecular complexity index is 724. The molecule has 2 rings (SSSR count). The lowest BCUT2D eigenvalue weighted by Gasteiger charge is -2.04. The van der Waals surface area contributed by atoms with E-state index in [1.807, 2.05) is 0 Å². The van der Waals surface area contributed by atoms with Crippen molar-refractivity contribution in [3.8, 4) is 11.3 Å². The first kappa shape index (κ1) is 13.2. The Morgan fingerprint density at radius 3 is 2.21 bits per heavy atom. The number of aromatic carboxylic acids is 1. The zero-order valence-corrected chi connectivity index (χ0v) is 10.8. The van der Waals surface area contributed by atoms with Gasteiger partial charge >= 0.3 is 5.97 Å². The van der Waals surface area contributed by atoms with Crippen molar-refractivity contribution in [2.45, 2.75) is 4.90 Å². The molecule has 0 aliphatic carbocycles. The molecule has 2 aromatic rings. The maximum absolute atomic E-state index is 11.3. The highest BCUT2D eigenvalue weighted by Gasteiger charge is 2.15. The highest BCUT2D eigenvalue weighted by molar-refractivity contribution is 7.90. The minimum atomic E-state index is -3.28. The number of hydrogen-bond donors (Lipinski definition) is 1. The van der Waals surface area contributed by atoms with Crippen molar-refractivity contribution in [1.82, 2.24) is 9.97 Å². The van der Waals surface area contributed by atoms with Gasteiger partial charge in [0.05, 0.1) is 4.90 Å².